The predicted octanol–water partition coefficient (Wildman–Crippen LogP) is 2.57. The highest BCUT2D eigenvalue weighted by molar-refractivity contribution is 6.32. The molecule has 0 spiro atoms. The first-order chi connectivity index (χ1) is 8.24. The molecule has 0 unspecified atom stereocenters. The molecule has 0 aliphatic carbocycles. The van der Waals surface area contributed by atoms with Crippen LogP contribution in [0.25, 0.3) is 10.8 Å². The summed E-state index contributed by atoms with van der Waals surface area (Å²) in [5.74, 6) is -0.330. The van der Waals surface area contributed by atoms with E-state index in [0.717, 1.165) is 15.7 Å². The standard InChI is InChI=1S/C13H9NO3/c1-17-13(16)14-10-7-3-5-8-4-2-6-9(11(8)10)12(14)15/h2-7H,1H3. The summed E-state index contributed by atoms with van der Waals surface area (Å²) in [5.41, 5.74) is 1.14. The molecule has 2 amide bonds. The van der Waals surface area contributed by atoms with Crippen LogP contribution >= 0.6 is 0 Å². The zero-order chi connectivity index (χ0) is 12.0. The maximum Gasteiger partial charge on any atom is 0.421 e. The van der Waals surface area contributed by atoms with Gasteiger partial charge < -0.3 is 4.74 Å². The number of methoxy groups -OCH3 is 1. The van der Waals surface area contributed by atoms with E-state index in [1.807, 2.05) is 18.2 Å². The Morgan fingerprint density at radius 1 is 1.18 bits per heavy atom. The summed E-state index contributed by atoms with van der Waals surface area (Å²) >= 11 is 0. The van der Waals surface area contributed by atoms with Gasteiger partial charge in [0.2, 0.25) is 0 Å². The lowest BCUT2D eigenvalue weighted by molar-refractivity contribution is 0.0982. The normalized spacial score (nSPS) is 13.2. The number of imide groups is 1. The van der Waals surface area contributed by atoms with Gasteiger partial charge in [0.15, 0.2) is 0 Å². The van der Waals surface area contributed by atoms with E-state index in [9.17, 15) is 9.59 Å². The Kier molecular flexibility index (Phi) is 1.92. The molecule has 3 rings (SSSR count). The third-order valence-electron chi connectivity index (χ3n) is 2.91. The molecule has 0 bridgehead atoms. The summed E-state index contributed by atoms with van der Waals surface area (Å²) in [6.45, 7) is 0. The number of carbonyl (C=O) groups is 2. The summed E-state index contributed by atoms with van der Waals surface area (Å²) in [7, 11) is 1.26. The van der Waals surface area contributed by atoms with Crippen LogP contribution in [0.15, 0.2) is 36.4 Å². The average Bonchev–Trinajstić information content (AvgIpc) is 2.65. The quantitative estimate of drug-likeness (QED) is 0.694. The lowest BCUT2D eigenvalue weighted by Crippen LogP contribution is -2.33. The first kappa shape index (κ1) is 9.84. The van der Waals surface area contributed by atoms with Crippen molar-refractivity contribution in [1.29, 1.82) is 0 Å². The molecular formula is C13H9NO3. The molecule has 0 atom stereocenters. The lowest BCUT2D eigenvalue weighted by Gasteiger charge is -2.13. The summed E-state index contributed by atoms with van der Waals surface area (Å²) in [4.78, 5) is 24.8. The lowest BCUT2D eigenvalue weighted by atomic mass is 10.1. The zero-order valence-electron chi connectivity index (χ0n) is 9.14. The molecule has 0 N–H and O–H groups in total. The van der Waals surface area contributed by atoms with Crippen molar-refractivity contribution >= 4 is 28.5 Å². The Hall–Kier alpha value is -2.36. The van der Waals surface area contributed by atoms with Crippen molar-refractivity contribution in [2.75, 3.05) is 12.0 Å². The van der Waals surface area contributed by atoms with Crippen molar-refractivity contribution in [3.63, 3.8) is 0 Å². The molecule has 0 aromatic heterocycles. The van der Waals surface area contributed by atoms with Crippen LogP contribution in [0, 0.1) is 0 Å². The van der Waals surface area contributed by atoms with Gasteiger partial charge in [0.1, 0.15) is 0 Å². The van der Waals surface area contributed by atoms with Gasteiger partial charge >= 0.3 is 6.09 Å². The van der Waals surface area contributed by atoms with Gasteiger partial charge in [0, 0.05) is 5.39 Å². The number of hydrogen-bond acceptors (Lipinski definition) is 3. The fourth-order valence-electron chi connectivity index (χ4n) is 2.19. The maximum absolute atomic E-state index is 12.1. The molecule has 1 aliphatic heterocycles. The Morgan fingerprint density at radius 3 is 2.59 bits per heavy atom. The molecule has 0 fully saturated rings. The third kappa shape index (κ3) is 1.18. The van der Waals surface area contributed by atoms with Crippen LogP contribution in [0.5, 0.6) is 0 Å². The van der Waals surface area contributed by atoms with Crippen LogP contribution in [0.1, 0.15) is 10.4 Å². The molecule has 0 radical (unpaired) electrons. The number of hydrogen-bond donors (Lipinski definition) is 0. The first-order valence-corrected chi connectivity index (χ1v) is 5.18. The summed E-state index contributed by atoms with van der Waals surface area (Å²) < 4.78 is 4.63. The molecule has 84 valence electrons. The Bertz CT molecular complexity index is 643. The van der Waals surface area contributed by atoms with E-state index in [4.69, 9.17) is 0 Å². The van der Waals surface area contributed by atoms with Gasteiger partial charge in [-0.3, -0.25) is 4.79 Å². The van der Waals surface area contributed by atoms with Crippen molar-refractivity contribution in [3.05, 3.63) is 42.0 Å². The number of nitrogens with zero attached hydrogens (tertiary/aromatic N) is 1. The molecule has 2 aromatic carbocycles. The highest BCUT2D eigenvalue weighted by Gasteiger charge is 2.34. The van der Waals surface area contributed by atoms with Crippen molar-refractivity contribution in [3.8, 4) is 0 Å². The Balaban J connectivity index is 2.34. The highest BCUT2D eigenvalue weighted by atomic mass is 16.5. The van der Waals surface area contributed by atoms with Crippen molar-refractivity contribution in [2.45, 2.75) is 0 Å². The fourth-order valence-corrected chi connectivity index (χ4v) is 2.19. The number of amides is 2. The molecule has 4 nitrogen and oxygen atoms in total. The van der Waals surface area contributed by atoms with Gasteiger partial charge in [-0.05, 0) is 17.5 Å². The van der Waals surface area contributed by atoms with E-state index in [2.05, 4.69) is 4.74 Å². The van der Waals surface area contributed by atoms with E-state index in [1.165, 1.54) is 7.11 Å². The second-order valence-corrected chi connectivity index (χ2v) is 3.79. The topological polar surface area (TPSA) is 46.6 Å². The molecular weight excluding hydrogens is 218 g/mol. The van der Waals surface area contributed by atoms with E-state index in [-0.39, 0.29) is 5.91 Å². The number of benzene rings is 2. The van der Waals surface area contributed by atoms with Crippen LogP contribution in [-0.2, 0) is 4.74 Å². The summed E-state index contributed by atoms with van der Waals surface area (Å²) in [5, 5.41) is 1.75. The summed E-state index contributed by atoms with van der Waals surface area (Å²) in [6, 6.07) is 10.9. The average molecular weight is 227 g/mol. The zero-order valence-corrected chi connectivity index (χ0v) is 9.14. The largest absolute Gasteiger partial charge is 0.452 e. The smallest absolute Gasteiger partial charge is 0.421 e. The maximum atomic E-state index is 12.1. The Labute approximate surface area is 97.4 Å². The number of carbonyl (C=O) groups excluding carboxylic acids is 2. The van der Waals surface area contributed by atoms with Crippen LogP contribution in [0.2, 0.25) is 0 Å². The van der Waals surface area contributed by atoms with Gasteiger partial charge in [-0.25, -0.2) is 9.69 Å². The molecule has 1 aliphatic rings. The van der Waals surface area contributed by atoms with Crippen LogP contribution in [0.3, 0.4) is 0 Å². The fraction of sp³-hybridized carbons (Fsp3) is 0.0769. The van der Waals surface area contributed by atoms with Gasteiger partial charge in [0.25, 0.3) is 5.91 Å². The molecule has 17 heavy (non-hydrogen) atoms. The van der Waals surface area contributed by atoms with Gasteiger partial charge in [0.05, 0.1) is 18.4 Å². The minimum absolute atomic E-state index is 0.330. The Morgan fingerprint density at radius 2 is 1.88 bits per heavy atom. The van der Waals surface area contributed by atoms with E-state index < -0.39 is 6.09 Å². The number of rotatable bonds is 0. The van der Waals surface area contributed by atoms with E-state index in [1.54, 1.807) is 18.2 Å². The van der Waals surface area contributed by atoms with Crippen molar-refractivity contribution in [2.24, 2.45) is 0 Å². The van der Waals surface area contributed by atoms with Gasteiger partial charge in [-0.1, -0.05) is 24.3 Å². The number of ether oxygens (including phenoxy) is 1. The third-order valence-corrected chi connectivity index (χ3v) is 2.91. The van der Waals surface area contributed by atoms with Crippen LogP contribution < -0.4 is 4.90 Å². The summed E-state index contributed by atoms with van der Waals surface area (Å²) in [6.07, 6.45) is -0.654. The van der Waals surface area contributed by atoms with E-state index in [0.29, 0.717) is 11.3 Å². The molecule has 4 heteroatoms. The second kappa shape index (κ2) is 3.31. The minimum Gasteiger partial charge on any atom is -0.452 e. The van der Waals surface area contributed by atoms with Gasteiger partial charge in [-0.2, -0.15) is 0 Å². The molecule has 0 saturated heterocycles. The van der Waals surface area contributed by atoms with E-state index >= 15 is 0 Å². The minimum atomic E-state index is -0.654. The molecule has 1 heterocycles. The van der Waals surface area contributed by atoms with Crippen LogP contribution in [-0.4, -0.2) is 19.1 Å². The monoisotopic (exact) mass is 227 g/mol. The predicted molar refractivity (Wildman–Crippen MR) is 63.2 cm³/mol. The van der Waals surface area contributed by atoms with Crippen LogP contribution in [0.4, 0.5) is 10.5 Å². The SMILES string of the molecule is COC(=O)N1C(=O)c2cccc3cccc1c23. The first-order valence-electron chi connectivity index (χ1n) is 5.18. The van der Waals surface area contributed by atoms with Crippen molar-refractivity contribution in [1.82, 2.24) is 0 Å². The molecule has 0 saturated carbocycles. The second-order valence-electron chi connectivity index (χ2n) is 3.79. The molecule has 2 aromatic rings. The highest BCUT2D eigenvalue weighted by Crippen LogP contribution is 2.37. The van der Waals surface area contributed by atoms with Crippen molar-refractivity contribution < 1.29 is 14.3 Å². The van der Waals surface area contributed by atoms with Gasteiger partial charge in [-0.15, -0.1) is 0 Å². The number of anilines is 1.